The van der Waals surface area contributed by atoms with Gasteiger partial charge in [-0.1, -0.05) is 30.3 Å². The molecule has 3 nitrogen and oxygen atoms in total. The second-order valence-corrected chi connectivity index (χ2v) is 4.64. The highest BCUT2D eigenvalue weighted by Gasteiger charge is 2.18. The maximum absolute atomic E-state index is 12.1. The minimum Gasteiger partial charge on any atom is -0.271 e. The van der Waals surface area contributed by atoms with E-state index in [0.717, 1.165) is 17.0 Å². The Morgan fingerprint density at radius 3 is 2.22 bits per heavy atom. The summed E-state index contributed by atoms with van der Waals surface area (Å²) in [5, 5.41) is -0.688. The number of hydrogen-bond donors (Lipinski definition) is 1. The smallest absolute Gasteiger partial charge is 0.261 e. The molecule has 1 heterocycles. The number of aryl methyl sites for hydroxylation is 2. The van der Waals surface area contributed by atoms with Gasteiger partial charge in [0.15, 0.2) is 0 Å². The molecular formula is C14H15ClN2O. The van der Waals surface area contributed by atoms with Gasteiger partial charge in [0.1, 0.15) is 5.38 Å². The lowest BCUT2D eigenvalue weighted by Crippen LogP contribution is -2.27. The third kappa shape index (κ3) is 2.57. The van der Waals surface area contributed by atoms with Gasteiger partial charge in [-0.3, -0.25) is 14.9 Å². The molecule has 94 valence electrons. The van der Waals surface area contributed by atoms with E-state index in [1.54, 1.807) is 4.68 Å². The van der Waals surface area contributed by atoms with E-state index in [4.69, 9.17) is 11.6 Å². The zero-order valence-corrected chi connectivity index (χ0v) is 11.1. The van der Waals surface area contributed by atoms with Crippen molar-refractivity contribution in [3.8, 4) is 0 Å². The molecule has 1 aromatic carbocycles. The Bertz CT molecular complexity index is 529. The van der Waals surface area contributed by atoms with Crippen molar-refractivity contribution in [1.82, 2.24) is 4.68 Å². The summed E-state index contributed by atoms with van der Waals surface area (Å²) in [4.78, 5) is 12.1. The Morgan fingerprint density at radius 2 is 1.67 bits per heavy atom. The summed E-state index contributed by atoms with van der Waals surface area (Å²) in [6.45, 7) is 3.86. The van der Waals surface area contributed by atoms with Gasteiger partial charge >= 0.3 is 0 Å². The number of amides is 1. The molecule has 1 atom stereocenters. The highest BCUT2D eigenvalue weighted by atomic mass is 35.5. The predicted octanol–water partition coefficient (Wildman–Crippen LogP) is 3.16. The molecule has 0 aliphatic carbocycles. The minimum absolute atomic E-state index is 0.231. The van der Waals surface area contributed by atoms with Crippen molar-refractivity contribution >= 4 is 17.5 Å². The fraction of sp³-hybridized carbons (Fsp3) is 0.214. The van der Waals surface area contributed by atoms with E-state index >= 15 is 0 Å². The summed E-state index contributed by atoms with van der Waals surface area (Å²) in [5.74, 6) is -0.231. The highest BCUT2D eigenvalue weighted by Crippen LogP contribution is 2.20. The lowest BCUT2D eigenvalue weighted by Gasteiger charge is -2.14. The summed E-state index contributed by atoms with van der Waals surface area (Å²) < 4.78 is 1.74. The highest BCUT2D eigenvalue weighted by molar-refractivity contribution is 6.31. The molecule has 2 aromatic rings. The van der Waals surface area contributed by atoms with E-state index in [-0.39, 0.29) is 5.91 Å². The number of hydrogen-bond acceptors (Lipinski definition) is 1. The largest absolute Gasteiger partial charge is 0.271 e. The van der Waals surface area contributed by atoms with Crippen molar-refractivity contribution < 1.29 is 4.79 Å². The van der Waals surface area contributed by atoms with Gasteiger partial charge in [0.05, 0.1) is 0 Å². The Kier molecular flexibility index (Phi) is 3.72. The van der Waals surface area contributed by atoms with Crippen LogP contribution in [0.25, 0.3) is 0 Å². The lowest BCUT2D eigenvalue weighted by molar-refractivity contribution is -0.116. The van der Waals surface area contributed by atoms with Gasteiger partial charge in [-0.25, -0.2) is 0 Å². The molecule has 0 aliphatic rings. The standard InChI is InChI=1S/C14H15ClN2O/c1-10-8-9-11(2)17(10)16-14(18)13(15)12-6-4-3-5-7-12/h3-9,13H,1-2H3,(H,16,18). The van der Waals surface area contributed by atoms with Crippen LogP contribution in [0.4, 0.5) is 0 Å². The zero-order valence-electron chi connectivity index (χ0n) is 10.4. The van der Waals surface area contributed by atoms with Gasteiger partial charge in [-0.05, 0) is 31.5 Å². The van der Waals surface area contributed by atoms with Gasteiger partial charge in [0.2, 0.25) is 0 Å². The van der Waals surface area contributed by atoms with E-state index in [1.165, 1.54) is 0 Å². The average Bonchev–Trinajstić information content (AvgIpc) is 2.70. The van der Waals surface area contributed by atoms with Crippen molar-refractivity contribution in [2.45, 2.75) is 19.2 Å². The van der Waals surface area contributed by atoms with Gasteiger partial charge in [0.25, 0.3) is 5.91 Å². The number of rotatable bonds is 3. The van der Waals surface area contributed by atoms with E-state index in [2.05, 4.69) is 5.43 Å². The first-order valence-electron chi connectivity index (χ1n) is 5.74. The number of alkyl halides is 1. The maximum Gasteiger partial charge on any atom is 0.261 e. The summed E-state index contributed by atoms with van der Waals surface area (Å²) in [6.07, 6.45) is 0. The first kappa shape index (κ1) is 12.7. The molecule has 0 saturated carbocycles. The van der Waals surface area contributed by atoms with Crippen molar-refractivity contribution in [3.05, 3.63) is 59.4 Å². The third-order valence-corrected chi connectivity index (χ3v) is 3.27. The third-order valence-electron chi connectivity index (χ3n) is 2.82. The molecule has 0 radical (unpaired) electrons. The number of nitrogens with one attached hydrogen (secondary N) is 1. The van der Waals surface area contributed by atoms with Crippen LogP contribution in [0, 0.1) is 13.8 Å². The number of carbonyl (C=O) groups excluding carboxylic acids is 1. The molecule has 4 heteroatoms. The van der Waals surface area contributed by atoms with E-state index < -0.39 is 5.38 Å². The second-order valence-electron chi connectivity index (χ2n) is 4.20. The van der Waals surface area contributed by atoms with Crippen LogP contribution in [0.15, 0.2) is 42.5 Å². The maximum atomic E-state index is 12.1. The summed E-state index contributed by atoms with van der Waals surface area (Å²) in [6, 6.07) is 13.2. The summed E-state index contributed by atoms with van der Waals surface area (Å²) in [5.41, 5.74) is 5.53. The number of halogens is 1. The van der Waals surface area contributed by atoms with E-state index in [9.17, 15) is 4.79 Å². The molecule has 1 amide bonds. The van der Waals surface area contributed by atoms with Crippen LogP contribution in [-0.4, -0.2) is 10.6 Å². The predicted molar refractivity (Wildman–Crippen MR) is 73.3 cm³/mol. The monoisotopic (exact) mass is 262 g/mol. The fourth-order valence-corrected chi connectivity index (χ4v) is 1.98. The van der Waals surface area contributed by atoms with Crippen molar-refractivity contribution in [3.63, 3.8) is 0 Å². The first-order chi connectivity index (χ1) is 8.59. The number of benzene rings is 1. The summed E-state index contributed by atoms with van der Waals surface area (Å²) >= 11 is 6.15. The zero-order chi connectivity index (χ0) is 13.1. The van der Waals surface area contributed by atoms with Crippen LogP contribution in [0.2, 0.25) is 0 Å². The Morgan fingerprint density at radius 1 is 1.11 bits per heavy atom. The summed E-state index contributed by atoms with van der Waals surface area (Å²) in [7, 11) is 0. The van der Waals surface area contributed by atoms with Gasteiger partial charge in [0, 0.05) is 11.4 Å². The lowest BCUT2D eigenvalue weighted by atomic mass is 10.1. The minimum atomic E-state index is -0.688. The number of carbonyl (C=O) groups is 1. The molecular weight excluding hydrogens is 248 g/mol. The normalized spacial score (nSPS) is 12.2. The van der Waals surface area contributed by atoms with Crippen molar-refractivity contribution in [1.29, 1.82) is 0 Å². The van der Waals surface area contributed by atoms with E-state index in [1.807, 2.05) is 56.3 Å². The van der Waals surface area contributed by atoms with Crippen LogP contribution in [0.5, 0.6) is 0 Å². The van der Waals surface area contributed by atoms with Crippen LogP contribution >= 0.6 is 11.6 Å². The van der Waals surface area contributed by atoms with Crippen molar-refractivity contribution in [2.75, 3.05) is 5.43 Å². The van der Waals surface area contributed by atoms with E-state index in [0.29, 0.717) is 0 Å². The Hall–Kier alpha value is -1.74. The molecule has 0 bridgehead atoms. The molecule has 1 unspecified atom stereocenters. The number of nitrogens with zero attached hydrogens (tertiary/aromatic N) is 1. The van der Waals surface area contributed by atoms with Gasteiger partial charge in [-0.15, -0.1) is 11.6 Å². The number of aromatic nitrogens is 1. The van der Waals surface area contributed by atoms with Crippen LogP contribution in [-0.2, 0) is 4.79 Å². The van der Waals surface area contributed by atoms with Crippen LogP contribution < -0.4 is 5.43 Å². The molecule has 0 aliphatic heterocycles. The van der Waals surface area contributed by atoms with Crippen molar-refractivity contribution in [2.24, 2.45) is 0 Å². The molecule has 0 saturated heterocycles. The quantitative estimate of drug-likeness (QED) is 0.847. The SMILES string of the molecule is Cc1ccc(C)n1NC(=O)C(Cl)c1ccccc1. The molecule has 0 fully saturated rings. The Labute approximate surface area is 111 Å². The molecule has 1 aromatic heterocycles. The Balaban J connectivity index is 2.14. The molecule has 0 spiro atoms. The topological polar surface area (TPSA) is 34.0 Å². The first-order valence-corrected chi connectivity index (χ1v) is 6.18. The second kappa shape index (κ2) is 5.27. The molecule has 2 rings (SSSR count). The van der Waals surface area contributed by atoms with Crippen LogP contribution in [0.3, 0.4) is 0 Å². The average molecular weight is 263 g/mol. The fourth-order valence-electron chi connectivity index (χ4n) is 1.79. The molecule has 18 heavy (non-hydrogen) atoms. The molecule has 1 N–H and O–H groups in total. The van der Waals surface area contributed by atoms with Gasteiger partial charge < -0.3 is 0 Å². The van der Waals surface area contributed by atoms with Crippen LogP contribution in [0.1, 0.15) is 22.3 Å². The van der Waals surface area contributed by atoms with Gasteiger partial charge in [-0.2, -0.15) is 0 Å².